The third-order valence-corrected chi connectivity index (χ3v) is 3.50. The predicted octanol–water partition coefficient (Wildman–Crippen LogP) is 1.34. The highest BCUT2D eigenvalue weighted by atomic mass is 16.2. The van der Waals surface area contributed by atoms with E-state index in [-0.39, 0.29) is 5.91 Å². The summed E-state index contributed by atoms with van der Waals surface area (Å²) in [6.45, 7) is 8.65. The van der Waals surface area contributed by atoms with Gasteiger partial charge in [0, 0.05) is 31.6 Å². The highest BCUT2D eigenvalue weighted by molar-refractivity contribution is 5.93. The van der Waals surface area contributed by atoms with Gasteiger partial charge in [-0.3, -0.25) is 9.59 Å². The molecular weight excluding hydrogens is 268 g/mol. The molecule has 1 aliphatic rings. The molecule has 2 heterocycles. The molecule has 0 radical (unpaired) electrons. The van der Waals surface area contributed by atoms with Gasteiger partial charge in [-0.2, -0.15) is 0 Å². The lowest BCUT2D eigenvalue weighted by Crippen LogP contribution is -2.45. The van der Waals surface area contributed by atoms with Gasteiger partial charge < -0.3 is 15.1 Å². The van der Waals surface area contributed by atoms with Crippen LogP contribution in [0.4, 0.5) is 11.5 Å². The van der Waals surface area contributed by atoms with Crippen LogP contribution in [-0.2, 0) is 9.59 Å². The molecule has 0 bridgehead atoms. The molecule has 1 aromatic heterocycles. The van der Waals surface area contributed by atoms with Gasteiger partial charge in [0.25, 0.3) is 0 Å². The molecule has 114 valence electrons. The van der Waals surface area contributed by atoms with Gasteiger partial charge in [0.05, 0.1) is 11.9 Å². The molecule has 0 aliphatic carbocycles. The summed E-state index contributed by atoms with van der Waals surface area (Å²) in [6, 6.07) is 3.76. The van der Waals surface area contributed by atoms with Gasteiger partial charge in [-0.1, -0.05) is 20.8 Å². The molecule has 1 aromatic rings. The minimum atomic E-state index is -0.439. The van der Waals surface area contributed by atoms with E-state index in [1.54, 1.807) is 11.1 Å². The van der Waals surface area contributed by atoms with Gasteiger partial charge in [-0.15, -0.1) is 0 Å². The Morgan fingerprint density at radius 2 is 1.90 bits per heavy atom. The average Bonchev–Trinajstić information content (AvgIpc) is 2.47. The molecule has 1 saturated heterocycles. The summed E-state index contributed by atoms with van der Waals surface area (Å²) >= 11 is 0. The topological polar surface area (TPSA) is 65.5 Å². The first-order chi connectivity index (χ1) is 9.90. The van der Waals surface area contributed by atoms with E-state index >= 15 is 0 Å². The monoisotopic (exact) mass is 290 g/mol. The number of carbonyl (C=O) groups is 2. The first-order valence-corrected chi connectivity index (χ1v) is 7.12. The zero-order chi connectivity index (χ0) is 15.5. The molecule has 6 nitrogen and oxygen atoms in total. The summed E-state index contributed by atoms with van der Waals surface area (Å²) < 4.78 is 0. The number of nitrogens with zero attached hydrogens (tertiary/aromatic N) is 3. The highest BCUT2D eigenvalue weighted by Crippen LogP contribution is 2.19. The van der Waals surface area contributed by atoms with Crippen molar-refractivity contribution in [3.63, 3.8) is 0 Å². The average molecular weight is 290 g/mol. The normalized spacial score (nSPS) is 15.8. The second-order valence-corrected chi connectivity index (χ2v) is 6.23. The lowest BCUT2D eigenvalue weighted by molar-refractivity contribution is -0.123. The Hall–Kier alpha value is -2.11. The van der Waals surface area contributed by atoms with E-state index in [1.165, 1.54) is 0 Å². The number of rotatable bonds is 3. The summed E-state index contributed by atoms with van der Waals surface area (Å²) in [5.74, 6) is 0.507. The van der Waals surface area contributed by atoms with Crippen LogP contribution in [-0.4, -0.2) is 48.4 Å². The van der Waals surface area contributed by atoms with Gasteiger partial charge in [0.1, 0.15) is 5.82 Å². The minimum absolute atomic E-state index is 0.0534. The van der Waals surface area contributed by atoms with E-state index in [0.29, 0.717) is 5.82 Å². The molecule has 1 fully saturated rings. The Morgan fingerprint density at radius 3 is 2.38 bits per heavy atom. The van der Waals surface area contributed by atoms with Crippen LogP contribution in [0.15, 0.2) is 18.3 Å². The molecule has 2 amide bonds. The van der Waals surface area contributed by atoms with Crippen LogP contribution < -0.4 is 10.2 Å². The molecule has 0 unspecified atom stereocenters. The van der Waals surface area contributed by atoms with Crippen molar-refractivity contribution in [2.75, 3.05) is 36.4 Å². The standard InChI is InChI=1S/C15H22N4O2/c1-15(2,3)14(21)17-13-5-4-12(10-16-13)19-8-6-18(11-20)7-9-19/h4-5,10-11H,6-9H2,1-3H3,(H,16,17,21). The minimum Gasteiger partial charge on any atom is -0.367 e. The van der Waals surface area contributed by atoms with Crippen LogP contribution in [0.5, 0.6) is 0 Å². The first kappa shape index (κ1) is 15.3. The van der Waals surface area contributed by atoms with Crippen molar-refractivity contribution in [3.05, 3.63) is 18.3 Å². The number of nitrogens with one attached hydrogen (secondary N) is 1. The second-order valence-electron chi connectivity index (χ2n) is 6.23. The summed E-state index contributed by atoms with van der Waals surface area (Å²) in [4.78, 5) is 30.8. The predicted molar refractivity (Wildman–Crippen MR) is 82.2 cm³/mol. The Labute approximate surface area is 125 Å². The van der Waals surface area contributed by atoms with Crippen molar-refractivity contribution in [1.29, 1.82) is 0 Å². The van der Waals surface area contributed by atoms with E-state index in [1.807, 2.05) is 32.9 Å². The largest absolute Gasteiger partial charge is 0.367 e. The number of carbonyl (C=O) groups excluding carboxylic acids is 2. The zero-order valence-electron chi connectivity index (χ0n) is 12.8. The van der Waals surface area contributed by atoms with Crippen molar-refractivity contribution < 1.29 is 9.59 Å². The molecule has 6 heteroatoms. The van der Waals surface area contributed by atoms with Crippen molar-refractivity contribution in [1.82, 2.24) is 9.88 Å². The Morgan fingerprint density at radius 1 is 1.24 bits per heavy atom. The van der Waals surface area contributed by atoms with Gasteiger partial charge >= 0.3 is 0 Å². The molecule has 1 aliphatic heterocycles. The summed E-state index contributed by atoms with van der Waals surface area (Å²) in [5, 5.41) is 2.81. The Balaban J connectivity index is 1.96. The van der Waals surface area contributed by atoms with Crippen LogP contribution in [0.2, 0.25) is 0 Å². The van der Waals surface area contributed by atoms with Crippen LogP contribution in [0.3, 0.4) is 0 Å². The van der Waals surface area contributed by atoms with E-state index in [9.17, 15) is 9.59 Å². The molecular formula is C15H22N4O2. The van der Waals surface area contributed by atoms with E-state index in [0.717, 1.165) is 38.3 Å². The summed E-state index contributed by atoms with van der Waals surface area (Å²) in [5.41, 5.74) is 0.570. The maximum absolute atomic E-state index is 11.9. The lowest BCUT2D eigenvalue weighted by Gasteiger charge is -2.33. The van der Waals surface area contributed by atoms with E-state index < -0.39 is 5.41 Å². The number of hydrogen-bond donors (Lipinski definition) is 1. The number of hydrogen-bond acceptors (Lipinski definition) is 4. The van der Waals surface area contributed by atoms with Crippen LogP contribution >= 0.6 is 0 Å². The van der Waals surface area contributed by atoms with Gasteiger partial charge in [-0.05, 0) is 12.1 Å². The fourth-order valence-corrected chi connectivity index (χ4v) is 2.04. The molecule has 2 rings (SSSR count). The number of anilines is 2. The highest BCUT2D eigenvalue weighted by Gasteiger charge is 2.21. The van der Waals surface area contributed by atoms with Crippen molar-refractivity contribution in [2.45, 2.75) is 20.8 Å². The number of pyridine rings is 1. The van der Waals surface area contributed by atoms with Crippen molar-refractivity contribution in [2.24, 2.45) is 5.41 Å². The molecule has 0 aromatic carbocycles. The first-order valence-electron chi connectivity index (χ1n) is 7.12. The van der Waals surface area contributed by atoms with Gasteiger partial charge in [0.2, 0.25) is 12.3 Å². The quantitative estimate of drug-likeness (QED) is 0.853. The van der Waals surface area contributed by atoms with Crippen molar-refractivity contribution in [3.8, 4) is 0 Å². The van der Waals surface area contributed by atoms with E-state index in [2.05, 4.69) is 15.2 Å². The summed E-state index contributed by atoms with van der Waals surface area (Å²) in [6.07, 6.45) is 2.65. The van der Waals surface area contributed by atoms with Gasteiger partial charge in [0.15, 0.2) is 0 Å². The lowest BCUT2D eigenvalue weighted by atomic mass is 9.96. The smallest absolute Gasteiger partial charge is 0.230 e. The fraction of sp³-hybridized carbons (Fsp3) is 0.533. The molecule has 0 spiro atoms. The van der Waals surface area contributed by atoms with Crippen LogP contribution in [0, 0.1) is 5.41 Å². The molecule has 1 N–H and O–H groups in total. The third-order valence-electron chi connectivity index (χ3n) is 3.50. The number of aromatic nitrogens is 1. The number of piperazine rings is 1. The third kappa shape index (κ3) is 3.93. The number of amides is 2. The maximum Gasteiger partial charge on any atom is 0.230 e. The SMILES string of the molecule is CC(C)(C)C(=O)Nc1ccc(N2CCN(C=O)CC2)cn1. The Bertz CT molecular complexity index is 499. The fourth-order valence-electron chi connectivity index (χ4n) is 2.04. The van der Waals surface area contributed by atoms with Crippen LogP contribution in [0.1, 0.15) is 20.8 Å². The molecule has 0 atom stereocenters. The summed E-state index contributed by atoms with van der Waals surface area (Å²) in [7, 11) is 0. The van der Waals surface area contributed by atoms with Gasteiger partial charge in [-0.25, -0.2) is 4.98 Å². The van der Waals surface area contributed by atoms with Crippen molar-refractivity contribution >= 4 is 23.8 Å². The molecule has 0 saturated carbocycles. The molecule has 21 heavy (non-hydrogen) atoms. The second kappa shape index (κ2) is 6.11. The van der Waals surface area contributed by atoms with E-state index in [4.69, 9.17) is 0 Å². The van der Waals surface area contributed by atoms with Crippen LogP contribution in [0.25, 0.3) is 0 Å². The zero-order valence-corrected chi connectivity index (χ0v) is 12.8. The Kier molecular flexibility index (Phi) is 4.45. The maximum atomic E-state index is 11.9.